The van der Waals surface area contributed by atoms with Gasteiger partial charge in [0.25, 0.3) is 0 Å². The highest BCUT2D eigenvalue weighted by Crippen LogP contribution is 2.26. The van der Waals surface area contributed by atoms with E-state index < -0.39 is 0 Å². The van der Waals surface area contributed by atoms with Crippen molar-refractivity contribution in [3.05, 3.63) is 0 Å². The number of hydrogen-bond donors (Lipinski definition) is 2. The van der Waals surface area contributed by atoms with E-state index in [1.165, 1.54) is 44.5 Å². The Morgan fingerprint density at radius 1 is 1.36 bits per heavy atom. The summed E-state index contributed by atoms with van der Waals surface area (Å²) >= 11 is 2.11. The van der Waals surface area contributed by atoms with Crippen molar-refractivity contribution in [3.63, 3.8) is 0 Å². The lowest BCUT2D eigenvalue weighted by Gasteiger charge is -2.26. The lowest BCUT2D eigenvalue weighted by molar-refractivity contribution is 0.364. The molecule has 2 heterocycles. The summed E-state index contributed by atoms with van der Waals surface area (Å²) in [5.74, 6) is 1.34. The molecule has 0 amide bonds. The minimum atomic E-state index is 0.738. The van der Waals surface area contributed by atoms with E-state index in [2.05, 4.69) is 29.3 Å². The maximum atomic E-state index is 3.72. The first kappa shape index (κ1) is 10.8. The lowest BCUT2D eigenvalue weighted by atomic mass is 10.0. The van der Waals surface area contributed by atoms with E-state index >= 15 is 0 Å². The van der Waals surface area contributed by atoms with E-state index in [0.717, 1.165) is 17.3 Å². The van der Waals surface area contributed by atoms with E-state index in [9.17, 15) is 0 Å². The molecule has 82 valence electrons. The molecular weight excluding hydrogens is 192 g/mol. The van der Waals surface area contributed by atoms with Gasteiger partial charge < -0.3 is 10.6 Å². The molecule has 0 spiro atoms. The van der Waals surface area contributed by atoms with Gasteiger partial charge in [-0.2, -0.15) is 11.8 Å². The maximum absolute atomic E-state index is 3.72. The van der Waals surface area contributed by atoms with Gasteiger partial charge in [0.1, 0.15) is 0 Å². The van der Waals surface area contributed by atoms with Gasteiger partial charge >= 0.3 is 0 Å². The van der Waals surface area contributed by atoms with Crippen LogP contribution in [0.3, 0.4) is 0 Å². The van der Waals surface area contributed by atoms with E-state index in [-0.39, 0.29) is 0 Å². The minimum absolute atomic E-state index is 0.738. The van der Waals surface area contributed by atoms with Crippen molar-refractivity contribution in [2.75, 3.05) is 18.8 Å². The zero-order chi connectivity index (χ0) is 9.80. The molecule has 2 N–H and O–H groups in total. The molecule has 3 atom stereocenters. The van der Waals surface area contributed by atoms with E-state index in [4.69, 9.17) is 0 Å². The summed E-state index contributed by atoms with van der Waals surface area (Å²) in [5.41, 5.74) is 0. The monoisotopic (exact) mass is 214 g/mol. The molecule has 2 aliphatic rings. The SMILES string of the molecule is CC1SCCC1NCC1CCCCN1. The van der Waals surface area contributed by atoms with Gasteiger partial charge in [0, 0.05) is 23.9 Å². The zero-order valence-corrected chi connectivity index (χ0v) is 9.91. The van der Waals surface area contributed by atoms with Crippen molar-refractivity contribution in [1.82, 2.24) is 10.6 Å². The normalized spacial score (nSPS) is 38.8. The second-order valence-electron chi connectivity index (χ2n) is 4.53. The molecule has 3 heteroatoms. The summed E-state index contributed by atoms with van der Waals surface area (Å²) in [6, 6.07) is 1.50. The van der Waals surface area contributed by atoms with Crippen molar-refractivity contribution in [3.8, 4) is 0 Å². The number of hydrogen-bond acceptors (Lipinski definition) is 3. The summed E-state index contributed by atoms with van der Waals surface area (Å²) in [5, 5.41) is 8.12. The predicted octanol–water partition coefficient (Wildman–Crippen LogP) is 1.61. The van der Waals surface area contributed by atoms with Crippen LogP contribution in [0.4, 0.5) is 0 Å². The van der Waals surface area contributed by atoms with Crippen LogP contribution < -0.4 is 10.6 Å². The second-order valence-corrected chi connectivity index (χ2v) is 6.01. The van der Waals surface area contributed by atoms with Crippen LogP contribution in [-0.4, -0.2) is 36.2 Å². The summed E-state index contributed by atoms with van der Waals surface area (Å²) in [4.78, 5) is 0. The van der Waals surface area contributed by atoms with Crippen LogP contribution in [0, 0.1) is 0 Å². The van der Waals surface area contributed by atoms with Gasteiger partial charge in [0.15, 0.2) is 0 Å². The van der Waals surface area contributed by atoms with Crippen molar-refractivity contribution in [2.24, 2.45) is 0 Å². The fraction of sp³-hybridized carbons (Fsp3) is 1.00. The summed E-state index contributed by atoms with van der Waals surface area (Å²) in [6.45, 7) is 4.75. The average Bonchev–Trinajstić information content (AvgIpc) is 2.63. The Bertz CT molecular complexity index is 169. The van der Waals surface area contributed by atoms with Crippen LogP contribution in [0.5, 0.6) is 0 Å². The van der Waals surface area contributed by atoms with Crippen LogP contribution in [-0.2, 0) is 0 Å². The molecule has 2 saturated heterocycles. The average molecular weight is 214 g/mol. The molecule has 2 aliphatic heterocycles. The van der Waals surface area contributed by atoms with Crippen LogP contribution in [0.2, 0.25) is 0 Å². The molecule has 2 fully saturated rings. The molecule has 0 aliphatic carbocycles. The smallest absolute Gasteiger partial charge is 0.0192 e. The third kappa shape index (κ3) is 2.88. The number of nitrogens with one attached hydrogen (secondary N) is 2. The Morgan fingerprint density at radius 3 is 2.93 bits per heavy atom. The molecule has 2 nitrogen and oxygen atoms in total. The van der Waals surface area contributed by atoms with Crippen LogP contribution >= 0.6 is 11.8 Å². The number of piperidine rings is 1. The highest BCUT2D eigenvalue weighted by molar-refractivity contribution is 8.00. The van der Waals surface area contributed by atoms with Gasteiger partial charge in [0.2, 0.25) is 0 Å². The Balaban J connectivity index is 1.65. The first-order valence-corrected chi connectivity index (χ1v) is 6.99. The Labute approximate surface area is 91.6 Å². The Kier molecular flexibility index (Phi) is 4.14. The Hall–Kier alpha value is 0.270. The number of thioether (sulfide) groups is 1. The standard InChI is InChI=1S/C11H22N2S/c1-9-11(5-7-14-9)13-8-10-4-2-3-6-12-10/h9-13H,2-8H2,1H3. The second kappa shape index (κ2) is 5.38. The van der Waals surface area contributed by atoms with Gasteiger partial charge in [-0.05, 0) is 31.6 Å². The van der Waals surface area contributed by atoms with Crippen molar-refractivity contribution < 1.29 is 0 Å². The zero-order valence-electron chi connectivity index (χ0n) is 9.09. The van der Waals surface area contributed by atoms with Gasteiger partial charge in [-0.25, -0.2) is 0 Å². The molecule has 14 heavy (non-hydrogen) atoms. The fourth-order valence-corrected chi connectivity index (χ4v) is 3.62. The Morgan fingerprint density at radius 2 is 2.29 bits per heavy atom. The van der Waals surface area contributed by atoms with Crippen LogP contribution in [0.15, 0.2) is 0 Å². The van der Waals surface area contributed by atoms with Crippen LogP contribution in [0.1, 0.15) is 32.6 Å². The molecule has 0 aromatic heterocycles. The van der Waals surface area contributed by atoms with Crippen molar-refractivity contribution in [2.45, 2.75) is 49.9 Å². The fourth-order valence-electron chi connectivity index (χ4n) is 2.39. The largest absolute Gasteiger partial charge is 0.313 e. The minimum Gasteiger partial charge on any atom is -0.313 e. The topological polar surface area (TPSA) is 24.1 Å². The molecule has 0 saturated carbocycles. The van der Waals surface area contributed by atoms with Gasteiger partial charge in [-0.15, -0.1) is 0 Å². The molecule has 0 aromatic rings. The first-order valence-electron chi connectivity index (χ1n) is 5.94. The summed E-state index contributed by atoms with van der Waals surface area (Å²) in [6.07, 6.45) is 5.50. The van der Waals surface area contributed by atoms with Gasteiger partial charge in [-0.3, -0.25) is 0 Å². The molecular formula is C11H22N2S. The lowest BCUT2D eigenvalue weighted by Crippen LogP contribution is -2.46. The van der Waals surface area contributed by atoms with Gasteiger partial charge in [0.05, 0.1) is 0 Å². The van der Waals surface area contributed by atoms with E-state index in [0.29, 0.717) is 0 Å². The van der Waals surface area contributed by atoms with Crippen molar-refractivity contribution in [1.29, 1.82) is 0 Å². The predicted molar refractivity (Wildman–Crippen MR) is 64.0 cm³/mol. The molecule has 0 aromatic carbocycles. The van der Waals surface area contributed by atoms with E-state index in [1.807, 2.05) is 0 Å². The van der Waals surface area contributed by atoms with Crippen LogP contribution in [0.25, 0.3) is 0 Å². The summed E-state index contributed by atoms with van der Waals surface area (Å²) in [7, 11) is 0. The molecule has 2 rings (SSSR count). The van der Waals surface area contributed by atoms with Crippen molar-refractivity contribution >= 4 is 11.8 Å². The van der Waals surface area contributed by atoms with Gasteiger partial charge in [-0.1, -0.05) is 13.3 Å². The first-order chi connectivity index (χ1) is 6.86. The maximum Gasteiger partial charge on any atom is 0.0192 e. The summed E-state index contributed by atoms with van der Waals surface area (Å²) < 4.78 is 0. The highest BCUT2D eigenvalue weighted by atomic mass is 32.2. The third-order valence-electron chi connectivity index (χ3n) is 3.42. The number of rotatable bonds is 3. The highest BCUT2D eigenvalue weighted by Gasteiger charge is 2.24. The molecule has 3 unspecified atom stereocenters. The molecule has 0 radical (unpaired) electrons. The quantitative estimate of drug-likeness (QED) is 0.746. The van der Waals surface area contributed by atoms with E-state index in [1.54, 1.807) is 0 Å². The molecule has 0 bridgehead atoms. The third-order valence-corrected chi connectivity index (χ3v) is 4.74.